The molecule has 0 spiro atoms. The average Bonchev–Trinajstić information content (AvgIpc) is 2.20. The SMILES string of the molecule is CC(C)c1cc(C(=O)N(C)C)c(=O)n(C)c1. The molecule has 1 aromatic heterocycles. The summed E-state index contributed by atoms with van der Waals surface area (Å²) in [5, 5.41) is 0. The fourth-order valence-electron chi connectivity index (χ4n) is 1.45. The molecular formula is C12H18N2O2. The van der Waals surface area contributed by atoms with Crippen LogP contribution in [0.1, 0.15) is 35.7 Å². The van der Waals surface area contributed by atoms with Gasteiger partial charge in [0.1, 0.15) is 5.56 Å². The monoisotopic (exact) mass is 222 g/mol. The summed E-state index contributed by atoms with van der Waals surface area (Å²) in [7, 11) is 4.95. The Kier molecular flexibility index (Phi) is 3.52. The van der Waals surface area contributed by atoms with E-state index < -0.39 is 0 Å². The maximum atomic E-state index is 11.8. The smallest absolute Gasteiger partial charge is 0.263 e. The molecule has 0 unspecified atom stereocenters. The number of aryl methyl sites for hydroxylation is 1. The van der Waals surface area contributed by atoms with Crippen molar-refractivity contribution in [2.45, 2.75) is 19.8 Å². The number of nitrogens with zero attached hydrogens (tertiary/aromatic N) is 2. The molecule has 0 aliphatic carbocycles. The van der Waals surface area contributed by atoms with Crippen molar-refractivity contribution in [1.82, 2.24) is 9.47 Å². The molecule has 0 aromatic carbocycles. The zero-order valence-electron chi connectivity index (χ0n) is 10.4. The second-order valence-corrected chi connectivity index (χ2v) is 4.46. The van der Waals surface area contributed by atoms with E-state index >= 15 is 0 Å². The second kappa shape index (κ2) is 4.51. The normalized spacial score (nSPS) is 10.6. The zero-order valence-corrected chi connectivity index (χ0v) is 10.4. The lowest BCUT2D eigenvalue weighted by atomic mass is 10.0. The first-order valence-corrected chi connectivity index (χ1v) is 5.26. The Labute approximate surface area is 95.5 Å². The molecule has 1 aromatic rings. The van der Waals surface area contributed by atoms with Gasteiger partial charge in [-0.1, -0.05) is 13.8 Å². The number of aromatic nitrogens is 1. The lowest BCUT2D eigenvalue weighted by molar-refractivity contribution is 0.0825. The van der Waals surface area contributed by atoms with Gasteiger partial charge in [-0.05, 0) is 17.5 Å². The lowest BCUT2D eigenvalue weighted by Gasteiger charge is -2.13. The summed E-state index contributed by atoms with van der Waals surface area (Å²) in [6.07, 6.45) is 1.78. The van der Waals surface area contributed by atoms with Gasteiger partial charge in [0.25, 0.3) is 11.5 Å². The molecule has 0 radical (unpaired) electrons. The molecule has 4 nitrogen and oxygen atoms in total. The van der Waals surface area contributed by atoms with E-state index in [2.05, 4.69) is 0 Å². The van der Waals surface area contributed by atoms with Crippen molar-refractivity contribution in [2.24, 2.45) is 7.05 Å². The van der Waals surface area contributed by atoms with Crippen molar-refractivity contribution in [1.29, 1.82) is 0 Å². The van der Waals surface area contributed by atoms with E-state index in [0.717, 1.165) is 5.56 Å². The van der Waals surface area contributed by atoms with E-state index in [1.807, 2.05) is 13.8 Å². The maximum absolute atomic E-state index is 11.8. The summed E-state index contributed by atoms with van der Waals surface area (Å²) in [6.45, 7) is 4.06. The van der Waals surface area contributed by atoms with Gasteiger partial charge in [0.15, 0.2) is 0 Å². The van der Waals surface area contributed by atoms with Crippen LogP contribution < -0.4 is 5.56 Å². The highest BCUT2D eigenvalue weighted by atomic mass is 16.2. The number of hydrogen-bond donors (Lipinski definition) is 0. The van der Waals surface area contributed by atoms with Gasteiger partial charge in [-0.2, -0.15) is 0 Å². The van der Waals surface area contributed by atoms with Gasteiger partial charge in [0.05, 0.1) is 0 Å². The highest BCUT2D eigenvalue weighted by Gasteiger charge is 2.15. The minimum absolute atomic E-state index is 0.235. The molecule has 0 aliphatic rings. The van der Waals surface area contributed by atoms with E-state index in [0.29, 0.717) is 5.92 Å². The van der Waals surface area contributed by atoms with E-state index in [-0.39, 0.29) is 17.0 Å². The Morgan fingerprint density at radius 2 is 1.94 bits per heavy atom. The number of amides is 1. The van der Waals surface area contributed by atoms with Crippen LogP contribution in [0, 0.1) is 0 Å². The van der Waals surface area contributed by atoms with Gasteiger partial charge >= 0.3 is 0 Å². The highest BCUT2D eigenvalue weighted by molar-refractivity contribution is 5.93. The molecule has 0 aliphatic heterocycles. The van der Waals surface area contributed by atoms with Crippen molar-refractivity contribution >= 4 is 5.91 Å². The Balaban J connectivity index is 3.39. The molecule has 0 bridgehead atoms. The molecule has 0 saturated carbocycles. The first-order valence-electron chi connectivity index (χ1n) is 5.26. The van der Waals surface area contributed by atoms with Crippen LogP contribution in [0.25, 0.3) is 0 Å². The van der Waals surface area contributed by atoms with Crippen LogP contribution in [0.15, 0.2) is 17.1 Å². The van der Waals surface area contributed by atoms with E-state index in [9.17, 15) is 9.59 Å². The van der Waals surface area contributed by atoms with Crippen LogP contribution in [0.2, 0.25) is 0 Å². The summed E-state index contributed by atoms with van der Waals surface area (Å²) < 4.78 is 1.46. The van der Waals surface area contributed by atoms with E-state index in [1.54, 1.807) is 33.4 Å². The molecule has 0 N–H and O–H groups in total. The number of hydrogen-bond acceptors (Lipinski definition) is 2. The molecule has 0 saturated heterocycles. The fraction of sp³-hybridized carbons (Fsp3) is 0.500. The minimum atomic E-state index is -0.247. The van der Waals surface area contributed by atoms with Gasteiger partial charge in [-0.25, -0.2) is 0 Å². The first-order chi connectivity index (χ1) is 7.34. The van der Waals surface area contributed by atoms with Gasteiger partial charge in [0.2, 0.25) is 0 Å². The largest absolute Gasteiger partial charge is 0.345 e. The average molecular weight is 222 g/mol. The zero-order chi connectivity index (χ0) is 12.5. The van der Waals surface area contributed by atoms with Crippen LogP contribution in [0.4, 0.5) is 0 Å². The molecule has 1 heterocycles. The molecule has 88 valence electrons. The van der Waals surface area contributed by atoms with Crippen LogP contribution >= 0.6 is 0 Å². The third-order valence-electron chi connectivity index (χ3n) is 2.51. The number of carbonyl (C=O) groups is 1. The van der Waals surface area contributed by atoms with Gasteiger partial charge < -0.3 is 9.47 Å². The van der Waals surface area contributed by atoms with Crippen LogP contribution in [0.5, 0.6) is 0 Å². The second-order valence-electron chi connectivity index (χ2n) is 4.46. The van der Waals surface area contributed by atoms with E-state index in [1.165, 1.54) is 9.47 Å². The molecule has 16 heavy (non-hydrogen) atoms. The van der Waals surface area contributed by atoms with Crippen LogP contribution in [-0.4, -0.2) is 29.5 Å². The molecule has 4 heteroatoms. The summed E-state index contributed by atoms with van der Waals surface area (Å²) in [5.41, 5.74) is 0.981. The first kappa shape index (κ1) is 12.5. The van der Waals surface area contributed by atoms with Crippen molar-refractivity contribution in [3.63, 3.8) is 0 Å². The van der Waals surface area contributed by atoms with Gasteiger partial charge in [-0.3, -0.25) is 9.59 Å². The van der Waals surface area contributed by atoms with Crippen molar-refractivity contribution < 1.29 is 4.79 Å². The minimum Gasteiger partial charge on any atom is -0.345 e. The highest BCUT2D eigenvalue weighted by Crippen LogP contribution is 2.13. The third-order valence-corrected chi connectivity index (χ3v) is 2.51. The third kappa shape index (κ3) is 2.32. The predicted molar refractivity (Wildman–Crippen MR) is 63.8 cm³/mol. The molecule has 1 rings (SSSR count). The van der Waals surface area contributed by atoms with Gasteiger partial charge in [0, 0.05) is 27.3 Å². The molecule has 0 atom stereocenters. The van der Waals surface area contributed by atoms with Gasteiger partial charge in [-0.15, -0.1) is 0 Å². The van der Waals surface area contributed by atoms with Crippen molar-refractivity contribution in [2.75, 3.05) is 14.1 Å². The maximum Gasteiger partial charge on any atom is 0.263 e. The van der Waals surface area contributed by atoms with Crippen molar-refractivity contribution in [3.8, 4) is 0 Å². The topological polar surface area (TPSA) is 42.3 Å². The predicted octanol–water partition coefficient (Wildman–Crippen LogP) is 1.21. The molecule has 1 amide bonds. The Morgan fingerprint density at radius 3 is 2.38 bits per heavy atom. The Hall–Kier alpha value is -1.58. The summed E-state index contributed by atoms with van der Waals surface area (Å²) in [4.78, 5) is 25.0. The number of rotatable bonds is 2. The van der Waals surface area contributed by atoms with Crippen molar-refractivity contribution in [3.05, 3.63) is 33.7 Å². The summed E-state index contributed by atoms with van der Waals surface area (Å²) in [5.74, 6) is 0.0450. The van der Waals surface area contributed by atoms with E-state index in [4.69, 9.17) is 0 Å². The molecule has 0 fully saturated rings. The standard InChI is InChI=1S/C12H18N2O2/c1-8(2)9-6-10(11(15)13(3)4)12(16)14(5)7-9/h6-8H,1-5H3. The fourth-order valence-corrected chi connectivity index (χ4v) is 1.45. The molecular weight excluding hydrogens is 204 g/mol. The quantitative estimate of drug-likeness (QED) is 0.754. The van der Waals surface area contributed by atoms with Crippen LogP contribution in [0.3, 0.4) is 0 Å². The number of pyridine rings is 1. The Morgan fingerprint density at radius 1 is 1.38 bits per heavy atom. The van der Waals surface area contributed by atoms with Crippen LogP contribution in [-0.2, 0) is 7.05 Å². The number of carbonyl (C=O) groups excluding carboxylic acids is 1. The Bertz CT molecular complexity index is 459. The summed E-state index contributed by atoms with van der Waals surface area (Å²) in [6, 6.07) is 1.69. The lowest BCUT2D eigenvalue weighted by Crippen LogP contribution is -2.31. The summed E-state index contributed by atoms with van der Waals surface area (Å²) >= 11 is 0.